The van der Waals surface area contributed by atoms with Crippen LogP contribution in [0.1, 0.15) is 22.8 Å². The molecule has 0 saturated carbocycles. The molecule has 0 spiro atoms. The van der Waals surface area contributed by atoms with Crippen LogP contribution in [0.3, 0.4) is 0 Å². The van der Waals surface area contributed by atoms with Crippen LogP contribution in [0.25, 0.3) is 0 Å². The van der Waals surface area contributed by atoms with Crippen molar-refractivity contribution in [3.05, 3.63) is 53.9 Å². The predicted molar refractivity (Wildman–Crippen MR) is 96.5 cm³/mol. The summed E-state index contributed by atoms with van der Waals surface area (Å²) in [5.41, 5.74) is 3.59. The van der Waals surface area contributed by atoms with Crippen molar-refractivity contribution >= 4 is 18.0 Å². The lowest BCUT2D eigenvalue weighted by Gasteiger charge is -2.11. The molecule has 2 N–H and O–H groups in total. The highest BCUT2D eigenvalue weighted by Crippen LogP contribution is 2.27. The Balaban J connectivity index is 1.97. The van der Waals surface area contributed by atoms with E-state index in [9.17, 15) is 9.59 Å². The first kappa shape index (κ1) is 18.9. The van der Waals surface area contributed by atoms with Crippen molar-refractivity contribution in [2.45, 2.75) is 6.92 Å². The van der Waals surface area contributed by atoms with E-state index in [4.69, 9.17) is 9.47 Å². The number of carbonyl (C=O) groups excluding carboxylic acids is 2. The molecule has 0 aliphatic carbocycles. The molecule has 0 unspecified atom stereocenters. The van der Waals surface area contributed by atoms with Crippen molar-refractivity contribution in [3.63, 3.8) is 0 Å². The summed E-state index contributed by atoms with van der Waals surface area (Å²) < 4.78 is 10.7. The number of rotatable bonds is 8. The standard InChI is InChI=1S/C18H20N4O4/c1-3-20-17(23)12-26-15-5-4-13(10-16(15)25-2)11-21-22-18(24)14-6-8-19-9-7-14/h4-11H,3,12H2,1-2H3,(H,20,23)(H,22,24)/b21-11-. The highest BCUT2D eigenvalue weighted by Gasteiger charge is 2.08. The second-order valence-corrected chi connectivity index (χ2v) is 5.09. The third-order valence-corrected chi connectivity index (χ3v) is 3.24. The summed E-state index contributed by atoms with van der Waals surface area (Å²) in [6.07, 6.45) is 4.54. The van der Waals surface area contributed by atoms with Crippen LogP contribution >= 0.6 is 0 Å². The smallest absolute Gasteiger partial charge is 0.271 e. The van der Waals surface area contributed by atoms with Gasteiger partial charge in [0.15, 0.2) is 18.1 Å². The van der Waals surface area contributed by atoms with Gasteiger partial charge in [0.2, 0.25) is 0 Å². The van der Waals surface area contributed by atoms with E-state index in [0.29, 0.717) is 29.2 Å². The average molecular weight is 356 g/mol. The molecule has 8 nitrogen and oxygen atoms in total. The number of nitrogens with one attached hydrogen (secondary N) is 2. The molecule has 136 valence electrons. The lowest BCUT2D eigenvalue weighted by Crippen LogP contribution is -2.28. The monoisotopic (exact) mass is 356 g/mol. The summed E-state index contributed by atoms with van der Waals surface area (Å²) in [4.78, 5) is 27.2. The number of amides is 2. The number of hydrogen-bond acceptors (Lipinski definition) is 6. The summed E-state index contributed by atoms with van der Waals surface area (Å²) in [6, 6.07) is 8.28. The maximum atomic E-state index is 11.9. The Bertz CT molecular complexity index is 778. The van der Waals surface area contributed by atoms with Crippen LogP contribution in [0.2, 0.25) is 0 Å². The van der Waals surface area contributed by atoms with E-state index in [0.717, 1.165) is 0 Å². The number of ether oxygens (including phenoxy) is 2. The first-order valence-electron chi connectivity index (χ1n) is 7.95. The van der Waals surface area contributed by atoms with E-state index < -0.39 is 0 Å². The first-order chi connectivity index (χ1) is 12.6. The van der Waals surface area contributed by atoms with Crippen LogP contribution in [0, 0.1) is 0 Å². The molecule has 0 bridgehead atoms. The normalized spacial score (nSPS) is 10.4. The number of methoxy groups -OCH3 is 1. The van der Waals surface area contributed by atoms with Crippen LogP contribution in [-0.4, -0.2) is 43.3 Å². The topological polar surface area (TPSA) is 102 Å². The zero-order valence-corrected chi connectivity index (χ0v) is 14.6. The fourth-order valence-electron chi connectivity index (χ4n) is 2.01. The Hall–Kier alpha value is -3.42. The van der Waals surface area contributed by atoms with E-state index >= 15 is 0 Å². The van der Waals surface area contributed by atoms with Gasteiger partial charge in [0.1, 0.15) is 0 Å². The van der Waals surface area contributed by atoms with Crippen LogP contribution < -0.4 is 20.2 Å². The van der Waals surface area contributed by atoms with Gasteiger partial charge in [-0.1, -0.05) is 0 Å². The number of aromatic nitrogens is 1. The lowest BCUT2D eigenvalue weighted by molar-refractivity contribution is -0.123. The third-order valence-electron chi connectivity index (χ3n) is 3.24. The van der Waals surface area contributed by atoms with E-state index in [-0.39, 0.29) is 18.4 Å². The van der Waals surface area contributed by atoms with Crippen molar-refractivity contribution in [1.29, 1.82) is 0 Å². The minimum atomic E-state index is -0.336. The summed E-state index contributed by atoms with van der Waals surface area (Å²) >= 11 is 0. The minimum absolute atomic E-state index is 0.0976. The molecule has 0 aliphatic heterocycles. The maximum Gasteiger partial charge on any atom is 0.271 e. The summed E-state index contributed by atoms with van der Waals surface area (Å²) in [5, 5.41) is 6.56. The molecule has 2 rings (SSSR count). The number of pyridine rings is 1. The maximum absolute atomic E-state index is 11.9. The Morgan fingerprint density at radius 2 is 1.96 bits per heavy atom. The molecule has 0 aliphatic rings. The van der Waals surface area contributed by atoms with Gasteiger partial charge in [-0.25, -0.2) is 5.43 Å². The molecular weight excluding hydrogens is 336 g/mol. The van der Waals surface area contributed by atoms with Gasteiger partial charge in [0.05, 0.1) is 13.3 Å². The number of hydrazone groups is 1. The van der Waals surface area contributed by atoms with Gasteiger partial charge in [0.25, 0.3) is 11.8 Å². The van der Waals surface area contributed by atoms with Crippen LogP contribution in [0.15, 0.2) is 47.8 Å². The number of benzene rings is 1. The Labute approximate surface area is 151 Å². The molecule has 0 atom stereocenters. The SMILES string of the molecule is CCNC(=O)COc1ccc(/C=N\NC(=O)c2ccncc2)cc1OC. The number of carbonyl (C=O) groups is 2. The van der Waals surface area contributed by atoms with Gasteiger partial charge < -0.3 is 14.8 Å². The number of hydrogen-bond donors (Lipinski definition) is 2. The lowest BCUT2D eigenvalue weighted by atomic mass is 10.2. The van der Waals surface area contributed by atoms with Gasteiger partial charge in [-0.15, -0.1) is 0 Å². The second-order valence-electron chi connectivity index (χ2n) is 5.09. The molecule has 0 radical (unpaired) electrons. The predicted octanol–water partition coefficient (Wildman–Crippen LogP) is 1.37. The average Bonchev–Trinajstić information content (AvgIpc) is 2.67. The zero-order chi connectivity index (χ0) is 18.8. The van der Waals surface area contributed by atoms with Gasteiger partial charge in [-0.2, -0.15) is 5.10 Å². The van der Waals surface area contributed by atoms with Crippen LogP contribution in [0.4, 0.5) is 0 Å². The van der Waals surface area contributed by atoms with Crippen molar-refractivity contribution in [1.82, 2.24) is 15.7 Å². The summed E-state index contributed by atoms with van der Waals surface area (Å²) in [5.74, 6) is 0.354. The minimum Gasteiger partial charge on any atom is -0.493 e. The second kappa shape index (κ2) is 9.77. The Morgan fingerprint density at radius 3 is 2.65 bits per heavy atom. The van der Waals surface area contributed by atoms with E-state index in [1.165, 1.54) is 25.7 Å². The number of nitrogens with zero attached hydrogens (tertiary/aromatic N) is 2. The molecule has 1 heterocycles. The van der Waals surface area contributed by atoms with E-state index in [1.54, 1.807) is 30.3 Å². The number of likely N-dealkylation sites (N-methyl/N-ethyl adjacent to an activating group) is 1. The molecule has 0 fully saturated rings. The van der Waals surface area contributed by atoms with Gasteiger partial charge >= 0.3 is 0 Å². The fraction of sp³-hybridized carbons (Fsp3) is 0.222. The molecule has 1 aromatic carbocycles. The van der Waals surface area contributed by atoms with E-state index in [1.807, 2.05) is 6.92 Å². The quantitative estimate of drug-likeness (QED) is 0.549. The summed E-state index contributed by atoms with van der Waals surface area (Å²) in [7, 11) is 1.50. The van der Waals surface area contributed by atoms with Crippen molar-refractivity contribution in [2.75, 3.05) is 20.3 Å². The molecule has 8 heteroatoms. The molecule has 2 amide bonds. The Kier molecular flexibility index (Phi) is 7.11. The molecular formula is C18H20N4O4. The largest absolute Gasteiger partial charge is 0.493 e. The zero-order valence-electron chi connectivity index (χ0n) is 14.6. The molecule has 2 aromatic rings. The first-order valence-corrected chi connectivity index (χ1v) is 7.95. The van der Waals surface area contributed by atoms with Gasteiger partial charge in [-0.05, 0) is 42.8 Å². The summed E-state index contributed by atoms with van der Waals surface area (Å²) in [6.45, 7) is 2.28. The van der Waals surface area contributed by atoms with Gasteiger partial charge in [0, 0.05) is 24.5 Å². The highest BCUT2D eigenvalue weighted by atomic mass is 16.5. The van der Waals surface area contributed by atoms with Crippen molar-refractivity contribution in [3.8, 4) is 11.5 Å². The fourth-order valence-corrected chi connectivity index (χ4v) is 2.01. The van der Waals surface area contributed by atoms with Crippen molar-refractivity contribution in [2.24, 2.45) is 5.10 Å². The molecule has 1 aromatic heterocycles. The highest BCUT2D eigenvalue weighted by molar-refractivity contribution is 5.94. The van der Waals surface area contributed by atoms with Crippen LogP contribution in [0.5, 0.6) is 11.5 Å². The molecule has 0 saturated heterocycles. The van der Waals surface area contributed by atoms with Crippen molar-refractivity contribution < 1.29 is 19.1 Å². The van der Waals surface area contributed by atoms with Gasteiger partial charge in [-0.3, -0.25) is 14.6 Å². The Morgan fingerprint density at radius 1 is 1.19 bits per heavy atom. The molecule has 26 heavy (non-hydrogen) atoms. The van der Waals surface area contributed by atoms with E-state index in [2.05, 4.69) is 20.8 Å². The van der Waals surface area contributed by atoms with Crippen LogP contribution in [-0.2, 0) is 4.79 Å². The third kappa shape index (κ3) is 5.59.